The Morgan fingerprint density at radius 2 is 2.11 bits per heavy atom. The van der Waals surface area contributed by atoms with Gasteiger partial charge < -0.3 is 16.2 Å². The van der Waals surface area contributed by atoms with Crippen LogP contribution in [-0.4, -0.2) is 24.2 Å². The summed E-state index contributed by atoms with van der Waals surface area (Å²) in [6, 6.07) is 3.83. The van der Waals surface area contributed by atoms with Gasteiger partial charge in [0.2, 0.25) is 5.91 Å². The van der Waals surface area contributed by atoms with Crippen LogP contribution in [0.25, 0.3) is 0 Å². The minimum Gasteiger partial charge on any atom is -0.387 e. The van der Waals surface area contributed by atoms with E-state index in [1.54, 1.807) is 0 Å². The summed E-state index contributed by atoms with van der Waals surface area (Å²) in [6.45, 7) is -0.726. The van der Waals surface area contributed by atoms with E-state index in [1.807, 2.05) is 0 Å². The van der Waals surface area contributed by atoms with Gasteiger partial charge >= 0.3 is 6.18 Å². The summed E-state index contributed by atoms with van der Waals surface area (Å²) < 4.78 is 37.4. The minimum absolute atomic E-state index is 0.0410. The molecular formula is C11H13F3N2O2. The maximum absolute atomic E-state index is 12.5. The van der Waals surface area contributed by atoms with Crippen LogP contribution in [0, 0.1) is 0 Å². The average molecular weight is 262 g/mol. The number of halogens is 3. The molecule has 0 fully saturated rings. The maximum atomic E-state index is 12.5. The number of hydrogen-bond donors (Lipinski definition) is 3. The topological polar surface area (TPSA) is 75.3 Å². The molecule has 0 aromatic heterocycles. The molecule has 0 aliphatic rings. The van der Waals surface area contributed by atoms with Crippen LogP contribution >= 0.6 is 0 Å². The van der Waals surface area contributed by atoms with Crippen LogP contribution in [0.1, 0.15) is 17.2 Å². The van der Waals surface area contributed by atoms with Crippen LogP contribution in [-0.2, 0) is 11.0 Å². The van der Waals surface area contributed by atoms with Gasteiger partial charge in [0.25, 0.3) is 0 Å². The molecular weight excluding hydrogens is 249 g/mol. The molecule has 0 saturated heterocycles. The summed E-state index contributed by atoms with van der Waals surface area (Å²) in [5.41, 5.74) is 5.13. The molecule has 0 aliphatic heterocycles. The lowest BCUT2D eigenvalue weighted by Gasteiger charge is -2.15. The Morgan fingerprint density at radius 1 is 1.44 bits per heavy atom. The predicted octanol–water partition coefficient (Wildman–Crippen LogP) is 0.814. The van der Waals surface area contributed by atoms with E-state index in [9.17, 15) is 18.0 Å². The van der Waals surface area contributed by atoms with Crippen molar-refractivity contribution in [1.82, 2.24) is 5.32 Å². The fraction of sp³-hybridized carbons (Fsp3) is 0.364. The van der Waals surface area contributed by atoms with E-state index in [4.69, 9.17) is 10.8 Å². The number of alkyl halides is 3. The highest BCUT2D eigenvalue weighted by atomic mass is 19.4. The summed E-state index contributed by atoms with van der Waals surface area (Å²) in [4.78, 5) is 10.8. The number of aliphatic hydroxyl groups is 1. The second-order valence-corrected chi connectivity index (χ2v) is 3.69. The highest BCUT2D eigenvalue weighted by Crippen LogP contribution is 2.30. The molecule has 1 amide bonds. The average Bonchev–Trinajstić information content (AvgIpc) is 2.34. The number of rotatable bonds is 4. The van der Waals surface area contributed by atoms with E-state index in [-0.39, 0.29) is 12.1 Å². The quantitative estimate of drug-likeness (QED) is 0.751. The van der Waals surface area contributed by atoms with Crippen LogP contribution < -0.4 is 11.1 Å². The molecule has 1 aromatic carbocycles. The van der Waals surface area contributed by atoms with Gasteiger partial charge in [0, 0.05) is 12.6 Å². The third-order valence-electron chi connectivity index (χ3n) is 2.30. The second-order valence-electron chi connectivity index (χ2n) is 3.69. The van der Waals surface area contributed by atoms with Crippen molar-refractivity contribution in [3.05, 3.63) is 35.4 Å². The zero-order chi connectivity index (χ0) is 13.8. The highest BCUT2D eigenvalue weighted by molar-refractivity contribution is 5.76. The Kier molecular flexibility index (Phi) is 4.69. The number of nitrogens with one attached hydrogen (secondary N) is 1. The molecule has 0 bridgehead atoms. The van der Waals surface area contributed by atoms with E-state index < -0.39 is 30.3 Å². The number of carbonyl (C=O) groups is 1. The molecule has 18 heavy (non-hydrogen) atoms. The Labute approximate surface area is 102 Å². The molecule has 0 spiro atoms. The minimum atomic E-state index is -4.43. The molecule has 1 aromatic rings. The van der Waals surface area contributed by atoms with Gasteiger partial charge in [-0.3, -0.25) is 4.79 Å². The van der Waals surface area contributed by atoms with Gasteiger partial charge in [-0.25, -0.2) is 0 Å². The summed E-state index contributed by atoms with van der Waals surface area (Å²) in [7, 11) is 0. The van der Waals surface area contributed by atoms with Gasteiger partial charge in [0.05, 0.1) is 5.56 Å². The normalized spacial score (nSPS) is 13.2. The third kappa shape index (κ3) is 4.01. The van der Waals surface area contributed by atoms with Crippen LogP contribution in [0.15, 0.2) is 24.3 Å². The maximum Gasteiger partial charge on any atom is 0.416 e. The lowest BCUT2D eigenvalue weighted by atomic mass is 10.0. The lowest BCUT2D eigenvalue weighted by molar-refractivity contribution is -0.137. The van der Waals surface area contributed by atoms with Crippen LogP contribution in [0.5, 0.6) is 0 Å². The fourth-order valence-electron chi connectivity index (χ4n) is 1.34. The van der Waals surface area contributed by atoms with Crippen molar-refractivity contribution in [3.8, 4) is 0 Å². The van der Waals surface area contributed by atoms with Crippen molar-refractivity contribution < 1.29 is 23.1 Å². The summed E-state index contributed by atoms with van der Waals surface area (Å²) >= 11 is 0. The molecule has 0 unspecified atom stereocenters. The molecule has 4 nitrogen and oxygen atoms in total. The van der Waals surface area contributed by atoms with Gasteiger partial charge in [-0.15, -0.1) is 0 Å². The fourth-order valence-corrected chi connectivity index (χ4v) is 1.34. The number of carbonyl (C=O) groups excluding carboxylic acids is 1. The molecule has 1 rings (SSSR count). The monoisotopic (exact) mass is 262 g/mol. The summed E-state index contributed by atoms with van der Waals surface area (Å²) in [6.07, 6.45) is -4.43. The van der Waals surface area contributed by atoms with Crippen molar-refractivity contribution in [3.63, 3.8) is 0 Å². The number of amides is 1. The largest absolute Gasteiger partial charge is 0.416 e. The van der Waals surface area contributed by atoms with E-state index in [1.165, 1.54) is 12.1 Å². The number of nitrogens with two attached hydrogens (primary N) is 1. The first-order valence-electron chi connectivity index (χ1n) is 5.15. The Bertz CT molecular complexity index is 421. The predicted molar refractivity (Wildman–Crippen MR) is 58.5 cm³/mol. The van der Waals surface area contributed by atoms with Crippen molar-refractivity contribution in [2.24, 2.45) is 5.73 Å². The highest BCUT2D eigenvalue weighted by Gasteiger charge is 2.30. The number of aliphatic hydroxyl groups excluding tert-OH is 1. The molecule has 0 heterocycles. The van der Waals surface area contributed by atoms with E-state index in [0.29, 0.717) is 0 Å². The van der Waals surface area contributed by atoms with Gasteiger partial charge in [0.15, 0.2) is 0 Å². The standard InChI is InChI=1S/C11H13F3N2O2/c12-11(13,14)8-3-1-2-7(4-8)9(15)5-16-10(18)6-17/h1-4,9,17H,5-6,15H2,(H,16,18)/t9-/m0/s1. The summed E-state index contributed by atoms with van der Waals surface area (Å²) in [5, 5.41) is 10.8. The zero-order valence-corrected chi connectivity index (χ0v) is 9.37. The van der Waals surface area contributed by atoms with Gasteiger partial charge in [-0.05, 0) is 17.7 Å². The summed E-state index contributed by atoms with van der Waals surface area (Å²) in [5.74, 6) is -0.627. The number of hydrogen-bond acceptors (Lipinski definition) is 3. The first kappa shape index (κ1) is 14.5. The van der Waals surface area contributed by atoms with Gasteiger partial charge in [0.1, 0.15) is 6.61 Å². The van der Waals surface area contributed by atoms with Gasteiger partial charge in [-0.1, -0.05) is 12.1 Å². The second kappa shape index (κ2) is 5.83. The van der Waals surface area contributed by atoms with Crippen molar-refractivity contribution in [2.45, 2.75) is 12.2 Å². The SMILES string of the molecule is N[C@@H](CNC(=O)CO)c1cccc(C(F)(F)F)c1. The van der Waals surface area contributed by atoms with Gasteiger partial charge in [-0.2, -0.15) is 13.2 Å². The molecule has 1 atom stereocenters. The van der Waals surface area contributed by atoms with Crippen LogP contribution in [0.4, 0.5) is 13.2 Å². The third-order valence-corrected chi connectivity index (χ3v) is 2.30. The molecule has 100 valence electrons. The van der Waals surface area contributed by atoms with E-state index in [0.717, 1.165) is 12.1 Å². The van der Waals surface area contributed by atoms with Crippen molar-refractivity contribution >= 4 is 5.91 Å². The van der Waals surface area contributed by atoms with Crippen LogP contribution in [0.3, 0.4) is 0 Å². The van der Waals surface area contributed by atoms with Crippen molar-refractivity contribution in [2.75, 3.05) is 13.2 Å². The first-order valence-corrected chi connectivity index (χ1v) is 5.15. The zero-order valence-electron chi connectivity index (χ0n) is 9.37. The van der Waals surface area contributed by atoms with E-state index >= 15 is 0 Å². The Balaban J connectivity index is 2.74. The van der Waals surface area contributed by atoms with Crippen LogP contribution in [0.2, 0.25) is 0 Å². The molecule has 7 heteroatoms. The smallest absolute Gasteiger partial charge is 0.387 e. The first-order chi connectivity index (χ1) is 8.34. The number of benzene rings is 1. The molecule has 4 N–H and O–H groups in total. The van der Waals surface area contributed by atoms with Crippen molar-refractivity contribution in [1.29, 1.82) is 0 Å². The van der Waals surface area contributed by atoms with E-state index in [2.05, 4.69) is 5.32 Å². The molecule has 0 aliphatic carbocycles. The Morgan fingerprint density at radius 3 is 2.67 bits per heavy atom. The lowest BCUT2D eigenvalue weighted by Crippen LogP contribution is -2.33. The molecule has 0 radical (unpaired) electrons. The Hall–Kier alpha value is -1.60. The molecule has 0 saturated carbocycles.